The Morgan fingerprint density at radius 1 is 1.24 bits per heavy atom. The number of aryl methyl sites for hydroxylation is 1. The number of nitrogen functional groups attached to an aromatic ring is 1. The Kier molecular flexibility index (Phi) is 5.24. The summed E-state index contributed by atoms with van der Waals surface area (Å²) in [5, 5.41) is 3.31. The number of halogens is 1. The van der Waals surface area contributed by atoms with Crippen LogP contribution in [0.25, 0.3) is 0 Å². The lowest BCUT2D eigenvalue weighted by atomic mass is 9.88. The summed E-state index contributed by atoms with van der Waals surface area (Å²) in [6.07, 6.45) is 2.92. The predicted molar refractivity (Wildman–Crippen MR) is 96.4 cm³/mol. The van der Waals surface area contributed by atoms with E-state index in [2.05, 4.69) is 11.4 Å². The quantitative estimate of drug-likeness (QED) is 0.649. The van der Waals surface area contributed by atoms with Crippen molar-refractivity contribution in [2.45, 2.75) is 25.3 Å². The molecule has 1 aliphatic carbocycles. The van der Waals surface area contributed by atoms with Crippen LogP contribution in [0.5, 0.6) is 0 Å². The summed E-state index contributed by atoms with van der Waals surface area (Å²) in [7, 11) is 0. The van der Waals surface area contributed by atoms with Gasteiger partial charge in [0, 0.05) is 0 Å². The Morgan fingerprint density at radius 2 is 2.04 bits per heavy atom. The first-order valence-electron chi connectivity index (χ1n) is 8.14. The van der Waals surface area contributed by atoms with Crippen LogP contribution in [0.15, 0.2) is 42.5 Å². The maximum Gasteiger partial charge on any atom is 0.338 e. The largest absolute Gasteiger partial charge is 0.452 e. The normalized spacial score (nSPS) is 16.0. The fourth-order valence-corrected chi connectivity index (χ4v) is 3.14. The lowest BCUT2D eigenvalue weighted by molar-refractivity contribution is -0.125. The number of benzene rings is 2. The molecule has 0 spiro atoms. The summed E-state index contributed by atoms with van der Waals surface area (Å²) < 4.78 is 5.06. The third kappa shape index (κ3) is 4.12. The zero-order valence-electron chi connectivity index (χ0n) is 13.6. The van der Waals surface area contributed by atoms with Crippen molar-refractivity contribution in [3.05, 3.63) is 64.2 Å². The zero-order chi connectivity index (χ0) is 17.8. The average Bonchev–Trinajstić information content (AvgIpc) is 2.62. The van der Waals surface area contributed by atoms with E-state index in [1.165, 1.54) is 23.8 Å². The van der Waals surface area contributed by atoms with Gasteiger partial charge in [0.2, 0.25) is 0 Å². The number of ether oxygens (including phenoxy) is 1. The predicted octanol–water partition coefficient (Wildman–Crippen LogP) is 3.27. The van der Waals surface area contributed by atoms with E-state index in [0.29, 0.717) is 10.7 Å². The molecule has 130 valence electrons. The zero-order valence-corrected chi connectivity index (χ0v) is 14.4. The number of anilines is 1. The lowest BCUT2D eigenvalue weighted by Gasteiger charge is -2.26. The molecule has 0 radical (unpaired) electrons. The Balaban J connectivity index is 1.57. The van der Waals surface area contributed by atoms with Crippen LogP contribution in [-0.2, 0) is 16.0 Å². The second-order valence-electron chi connectivity index (χ2n) is 6.02. The summed E-state index contributed by atoms with van der Waals surface area (Å²) in [5.41, 5.74) is 8.61. The van der Waals surface area contributed by atoms with Crippen LogP contribution in [-0.4, -0.2) is 18.5 Å². The monoisotopic (exact) mass is 358 g/mol. The van der Waals surface area contributed by atoms with Crippen molar-refractivity contribution in [3.8, 4) is 0 Å². The van der Waals surface area contributed by atoms with Gasteiger partial charge in [-0.15, -0.1) is 0 Å². The first kappa shape index (κ1) is 17.3. The minimum absolute atomic E-state index is 0.0395. The van der Waals surface area contributed by atoms with Crippen molar-refractivity contribution in [1.82, 2.24) is 5.32 Å². The van der Waals surface area contributed by atoms with E-state index in [0.717, 1.165) is 24.8 Å². The molecular weight excluding hydrogens is 340 g/mol. The Morgan fingerprint density at radius 3 is 2.84 bits per heavy atom. The molecule has 0 fully saturated rings. The van der Waals surface area contributed by atoms with Gasteiger partial charge in [0.25, 0.3) is 5.91 Å². The SMILES string of the molecule is Nc1cc(C(=O)OCC(=O)N[C@H]2CCCc3ccccc32)ccc1Cl. The molecule has 1 aliphatic rings. The fourth-order valence-electron chi connectivity index (χ4n) is 3.03. The molecule has 5 nitrogen and oxygen atoms in total. The van der Waals surface area contributed by atoms with E-state index >= 15 is 0 Å². The highest BCUT2D eigenvalue weighted by molar-refractivity contribution is 6.33. The van der Waals surface area contributed by atoms with Crippen LogP contribution in [0.3, 0.4) is 0 Å². The van der Waals surface area contributed by atoms with Gasteiger partial charge in [0.15, 0.2) is 6.61 Å². The van der Waals surface area contributed by atoms with Gasteiger partial charge in [-0.2, -0.15) is 0 Å². The molecule has 3 N–H and O–H groups in total. The minimum Gasteiger partial charge on any atom is -0.452 e. The molecular formula is C19H19ClN2O3. The Labute approximate surface area is 151 Å². The Hall–Kier alpha value is -2.53. The number of hydrogen-bond acceptors (Lipinski definition) is 4. The van der Waals surface area contributed by atoms with E-state index < -0.39 is 5.97 Å². The second kappa shape index (κ2) is 7.57. The van der Waals surface area contributed by atoms with Gasteiger partial charge < -0.3 is 15.8 Å². The number of nitrogens with one attached hydrogen (secondary N) is 1. The van der Waals surface area contributed by atoms with Crippen LogP contribution in [0, 0.1) is 0 Å². The summed E-state index contributed by atoms with van der Waals surface area (Å²) in [6.45, 7) is -0.333. The van der Waals surface area contributed by atoms with Crippen LogP contribution < -0.4 is 11.1 Å². The summed E-state index contributed by atoms with van der Waals surface area (Å²) in [5.74, 6) is -0.931. The molecule has 0 aromatic heterocycles. The molecule has 2 aromatic rings. The molecule has 0 unspecified atom stereocenters. The van der Waals surface area contributed by atoms with Gasteiger partial charge >= 0.3 is 5.97 Å². The van der Waals surface area contributed by atoms with Crippen LogP contribution in [0.2, 0.25) is 5.02 Å². The van der Waals surface area contributed by atoms with Gasteiger partial charge in [-0.05, 0) is 48.6 Å². The third-order valence-corrected chi connectivity index (χ3v) is 4.61. The van der Waals surface area contributed by atoms with Gasteiger partial charge in [0.1, 0.15) is 0 Å². The standard InChI is InChI=1S/C19H19ClN2O3/c20-15-9-8-13(10-16(15)21)19(24)25-11-18(23)22-17-7-3-5-12-4-1-2-6-14(12)17/h1-2,4,6,8-10,17H,3,5,7,11,21H2,(H,22,23)/t17-/m0/s1. The van der Waals surface area contributed by atoms with E-state index in [-0.39, 0.29) is 24.1 Å². The number of fused-ring (bicyclic) bond motifs is 1. The van der Waals surface area contributed by atoms with Crippen molar-refractivity contribution in [1.29, 1.82) is 0 Å². The van der Waals surface area contributed by atoms with Crippen LogP contribution >= 0.6 is 11.6 Å². The summed E-state index contributed by atoms with van der Waals surface area (Å²) in [6, 6.07) is 12.5. The summed E-state index contributed by atoms with van der Waals surface area (Å²) >= 11 is 5.82. The molecule has 0 bridgehead atoms. The first-order chi connectivity index (χ1) is 12.0. The molecule has 1 amide bonds. The lowest BCUT2D eigenvalue weighted by Crippen LogP contribution is -2.34. The highest BCUT2D eigenvalue weighted by atomic mass is 35.5. The second-order valence-corrected chi connectivity index (χ2v) is 6.43. The van der Waals surface area contributed by atoms with Gasteiger partial charge in [0.05, 0.1) is 22.3 Å². The molecule has 1 atom stereocenters. The van der Waals surface area contributed by atoms with Crippen LogP contribution in [0.1, 0.15) is 40.4 Å². The van der Waals surface area contributed by atoms with Gasteiger partial charge in [-0.1, -0.05) is 35.9 Å². The van der Waals surface area contributed by atoms with Crippen molar-refractivity contribution >= 4 is 29.2 Å². The summed E-state index contributed by atoms with van der Waals surface area (Å²) in [4.78, 5) is 24.1. The van der Waals surface area contributed by atoms with E-state index in [1.54, 1.807) is 0 Å². The topological polar surface area (TPSA) is 81.4 Å². The fraction of sp³-hybridized carbons (Fsp3) is 0.263. The molecule has 0 saturated carbocycles. The maximum atomic E-state index is 12.1. The smallest absolute Gasteiger partial charge is 0.338 e. The number of rotatable bonds is 4. The number of nitrogens with two attached hydrogens (primary N) is 1. The van der Waals surface area contributed by atoms with Gasteiger partial charge in [-0.25, -0.2) is 4.79 Å². The van der Waals surface area contributed by atoms with E-state index in [1.807, 2.05) is 18.2 Å². The first-order valence-corrected chi connectivity index (χ1v) is 8.51. The maximum absolute atomic E-state index is 12.1. The number of hydrogen-bond donors (Lipinski definition) is 2. The van der Waals surface area contributed by atoms with Crippen molar-refractivity contribution in [2.75, 3.05) is 12.3 Å². The van der Waals surface area contributed by atoms with Crippen LogP contribution in [0.4, 0.5) is 5.69 Å². The molecule has 2 aromatic carbocycles. The minimum atomic E-state index is -0.609. The van der Waals surface area contributed by atoms with Crippen molar-refractivity contribution in [3.63, 3.8) is 0 Å². The molecule has 0 aliphatic heterocycles. The average molecular weight is 359 g/mol. The van der Waals surface area contributed by atoms with Crippen molar-refractivity contribution in [2.24, 2.45) is 0 Å². The van der Waals surface area contributed by atoms with Crippen molar-refractivity contribution < 1.29 is 14.3 Å². The van der Waals surface area contributed by atoms with E-state index in [4.69, 9.17) is 22.1 Å². The molecule has 25 heavy (non-hydrogen) atoms. The molecule has 6 heteroatoms. The number of carbonyl (C=O) groups is 2. The highest BCUT2D eigenvalue weighted by Crippen LogP contribution is 2.29. The van der Waals surface area contributed by atoms with Gasteiger partial charge in [-0.3, -0.25) is 4.79 Å². The molecule has 0 saturated heterocycles. The Bertz CT molecular complexity index is 807. The highest BCUT2D eigenvalue weighted by Gasteiger charge is 2.22. The number of amides is 1. The number of carbonyl (C=O) groups excluding carboxylic acids is 2. The third-order valence-electron chi connectivity index (χ3n) is 4.27. The molecule has 3 rings (SSSR count). The van der Waals surface area contributed by atoms with E-state index in [9.17, 15) is 9.59 Å². The number of esters is 1. The molecule has 0 heterocycles.